The molecule has 0 radical (unpaired) electrons. The zero-order valence-electron chi connectivity index (χ0n) is 7.74. The van der Waals surface area contributed by atoms with Crippen molar-refractivity contribution in [2.45, 2.75) is 0 Å². The Labute approximate surface area is 106 Å². The molecule has 4 nitrogen and oxygen atoms in total. The maximum Gasteiger partial charge on any atom is 0.187 e. The van der Waals surface area contributed by atoms with E-state index in [4.69, 9.17) is 28.5 Å². The molecule has 0 fully saturated rings. The number of benzene rings is 1. The first-order valence-electron chi connectivity index (χ1n) is 4.15. The van der Waals surface area contributed by atoms with Gasteiger partial charge in [0.15, 0.2) is 11.0 Å². The predicted molar refractivity (Wildman–Crippen MR) is 64.4 cm³/mol. The van der Waals surface area contributed by atoms with Crippen LogP contribution in [0.15, 0.2) is 18.2 Å². The second kappa shape index (κ2) is 4.66. The molecule has 0 spiro atoms. The topological polar surface area (TPSA) is 61.6 Å². The highest BCUT2D eigenvalue weighted by molar-refractivity contribution is 6.99. The van der Waals surface area contributed by atoms with Crippen LogP contribution in [0.5, 0.6) is 0 Å². The van der Waals surface area contributed by atoms with Crippen LogP contribution in [0, 0.1) is 11.3 Å². The lowest BCUT2D eigenvalue weighted by molar-refractivity contribution is 1.43. The maximum atomic E-state index is 8.68. The zero-order chi connectivity index (χ0) is 11.5. The van der Waals surface area contributed by atoms with Gasteiger partial charge in [0, 0.05) is 0 Å². The van der Waals surface area contributed by atoms with Crippen molar-refractivity contribution in [2.75, 3.05) is 5.32 Å². The monoisotopic (exact) mass is 270 g/mol. The van der Waals surface area contributed by atoms with Crippen LogP contribution in [-0.4, -0.2) is 8.75 Å². The lowest BCUT2D eigenvalue weighted by atomic mass is 10.2. The van der Waals surface area contributed by atoms with Gasteiger partial charge in [0.05, 0.1) is 34.1 Å². The summed E-state index contributed by atoms with van der Waals surface area (Å²) in [6.45, 7) is 0. The Morgan fingerprint density at radius 1 is 1.31 bits per heavy atom. The molecule has 0 aliphatic heterocycles. The van der Waals surface area contributed by atoms with Crippen LogP contribution >= 0.6 is 34.9 Å². The minimum absolute atomic E-state index is 0.297. The van der Waals surface area contributed by atoms with E-state index in [9.17, 15) is 0 Å². The van der Waals surface area contributed by atoms with E-state index < -0.39 is 0 Å². The zero-order valence-corrected chi connectivity index (χ0v) is 10.1. The minimum Gasteiger partial charge on any atom is -0.336 e. The molecule has 0 aliphatic carbocycles. The van der Waals surface area contributed by atoms with E-state index in [1.54, 1.807) is 18.2 Å². The van der Waals surface area contributed by atoms with E-state index in [1.807, 2.05) is 6.07 Å². The molecule has 1 aromatic heterocycles. The molecular formula is C9H4Cl2N4S. The van der Waals surface area contributed by atoms with Crippen LogP contribution in [0.2, 0.25) is 10.2 Å². The summed E-state index contributed by atoms with van der Waals surface area (Å²) in [6.07, 6.45) is 0. The molecule has 80 valence electrons. The standard InChI is InChI=1S/C9H4Cl2N4S/c10-6-3-5(4-12)1-2-7(6)13-9-8(11)14-16-15-9/h1-3H,(H,13,15). The summed E-state index contributed by atoms with van der Waals surface area (Å²) >= 11 is 12.8. The van der Waals surface area contributed by atoms with Gasteiger partial charge in [-0.1, -0.05) is 23.2 Å². The van der Waals surface area contributed by atoms with E-state index in [1.165, 1.54) is 0 Å². The Kier molecular flexibility index (Phi) is 3.25. The van der Waals surface area contributed by atoms with Crippen molar-refractivity contribution < 1.29 is 0 Å². The Morgan fingerprint density at radius 2 is 2.12 bits per heavy atom. The third-order valence-electron chi connectivity index (χ3n) is 1.80. The number of nitrogens with zero attached hydrogens (tertiary/aromatic N) is 3. The summed E-state index contributed by atoms with van der Waals surface area (Å²) in [4.78, 5) is 0. The second-order valence-corrected chi connectivity index (χ2v) is 4.13. The lowest BCUT2D eigenvalue weighted by Gasteiger charge is -2.05. The number of nitriles is 1. The van der Waals surface area contributed by atoms with E-state index in [-0.39, 0.29) is 0 Å². The summed E-state index contributed by atoms with van der Waals surface area (Å²) in [6, 6.07) is 6.91. The summed E-state index contributed by atoms with van der Waals surface area (Å²) in [5, 5.41) is 12.3. The van der Waals surface area contributed by atoms with Crippen LogP contribution in [0.1, 0.15) is 5.56 Å². The van der Waals surface area contributed by atoms with Crippen LogP contribution in [-0.2, 0) is 0 Å². The normalized spacial score (nSPS) is 9.81. The van der Waals surface area contributed by atoms with Crippen molar-refractivity contribution >= 4 is 46.4 Å². The van der Waals surface area contributed by atoms with Gasteiger partial charge in [0.25, 0.3) is 0 Å². The predicted octanol–water partition coefficient (Wildman–Crippen LogP) is 3.46. The van der Waals surface area contributed by atoms with E-state index in [0.717, 1.165) is 11.7 Å². The van der Waals surface area contributed by atoms with Crippen LogP contribution in [0.25, 0.3) is 0 Å². The second-order valence-electron chi connectivity index (χ2n) is 2.84. The third kappa shape index (κ3) is 2.25. The molecule has 16 heavy (non-hydrogen) atoms. The Morgan fingerprint density at radius 3 is 2.69 bits per heavy atom. The van der Waals surface area contributed by atoms with Crippen molar-refractivity contribution in [3.05, 3.63) is 33.9 Å². The van der Waals surface area contributed by atoms with Crippen molar-refractivity contribution in [1.82, 2.24) is 8.75 Å². The van der Waals surface area contributed by atoms with Crippen LogP contribution < -0.4 is 5.32 Å². The quantitative estimate of drug-likeness (QED) is 0.908. The van der Waals surface area contributed by atoms with Gasteiger partial charge in [-0.05, 0) is 18.2 Å². The average Bonchev–Trinajstić information content (AvgIpc) is 2.67. The van der Waals surface area contributed by atoms with E-state index in [0.29, 0.717) is 27.2 Å². The van der Waals surface area contributed by atoms with Crippen LogP contribution in [0.3, 0.4) is 0 Å². The molecule has 1 aromatic carbocycles. The highest BCUT2D eigenvalue weighted by atomic mass is 35.5. The molecule has 0 aliphatic rings. The van der Waals surface area contributed by atoms with Gasteiger partial charge in [-0.25, -0.2) is 0 Å². The van der Waals surface area contributed by atoms with Gasteiger partial charge in [0.2, 0.25) is 0 Å². The highest BCUT2D eigenvalue weighted by Crippen LogP contribution is 2.28. The van der Waals surface area contributed by atoms with E-state index >= 15 is 0 Å². The number of anilines is 2. The summed E-state index contributed by atoms with van der Waals surface area (Å²) in [5.41, 5.74) is 1.13. The molecule has 1 heterocycles. The molecule has 0 bridgehead atoms. The third-order valence-corrected chi connectivity index (χ3v) is 3.00. The van der Waals surface area contributed by atoms with Gasteiger partial charge < -0.3 is 5.32 Å². The molecule has 7 heteroatoms. The number of hydrogen-bond acceptors (Lipinski definition) is 5. The molecule has 0 saturated carbocycles. The fourth-order valence-electron chi connectivity index (χ4n) is 1.07. The Hall–Kier alpha value is -1.35. The SMILES string of the molecule is N#Cc1ccc(Nc2nsnc2Cl)c(Cl)c1. The number of halogens is 2. The molecule has 1 N–H and O–H groups in total. The first kappa shape index (κ1) is 11.1. The van der Waals surface area contributed by atoms with Crippen molar-refractivity contribution in [3.8, 4) is 6.07 Å². The Bertz CT molecular complexity index is 561. The van der Waals surface area contributed by atoms with Gasteiger partial charge in [-0.2, -0.15) is 14.0 Å². The lowest BCUT2D eigenvalue weighted by Crippen LogP contribution is -1.92. The van der Waals surface area contributed by atoms with Gasteiger partial charge in [-0.15, -0.1) is 0 Å². The number of hydrogen-bond donors (Lipinski definition) is 1. The van der Waals surface area contributed by atoms with Gasteiger partial charge in [-0.3, -0.25) is 0 Å². The average molecular weight is 271 g/mol. The summed E-state index contributed by atoms with van der Waals surface area (Å²) in [5.74, 6) is 0.457. The molecule has 0 amide bonds. The van der Waals surface area contributed by atoms with Gasteiger partial charge >= 0.3 is 0 Å². The van der Waals surface area contributed by atoms with Crippen molar-refractivity contribution in [1.29, 1.82) is 5.26 Å². The number of aromatic nitrogens is 2. The maximum absolute atomic E-state index is 8.68. The minimum atomic E-state index is 0.297. The molecule has 2 aromatic rings. The van der Waals surface area contributed by atoms with E-state index in [2.05, 4.69) is 14.1 Å². The Balaban J connectivity index is 2.30. The molecular weight excluding hydrogens is 267 g/mol. The summed E-state index contributed by atoms with van der Waals surface area (Å²) < 4.78 is 7.77. The fraction of sp³-hybridized carbons (Fsp3) is 0. The van der Waals surface area contributed by atoms with Crippen LogP contribution in [0.4, 0.5) is 11.5 Å². The molecule has 0 atom stereocenters. The first-order chi connectivity index (χ1) is 7.70. The number of nitrogens with one attached hydrogen (secondary N) is 1. The van der Waals surface area contributed by atoms with Crippen molar-refractivity contribution in [2.24, 2.45) is 0 Å². The summed E-state index contributed by atoms with van der Waals surface area (Å²) in [7, 11) is 0. The molecule has 0 saturated heterocycles. The molecule has 2 rings (SSSR count). The first-order valence-corrected chi connectivity index (χ1v) is 5.64. The van der Waals surface area contributed by atoms with Crippen molar-refractivity contribution in [3.63, 3.8) is 0 Å². The fourth-order valence-corrected chi connectivity index (χ4v) is 1.94. The smallest absolute Gasteiger partial charge is 0.187 e. The number of rotatable bonds is 2. The molecule has 0 unspecified atom stereocenters. The highest BCUT2D eigenvalue weighted by Gasteiger charge is 2.08. The largest absolute Gasteiger partial charge is 0.336 e. The van der Waals surface area contributed by atoms with Gasteiger partial charge in [0.1, 0.15) is 0 Å².